The summed E-state index contributed by atoms with van der Waals surface area (Å²) in [6.07, 6.45) is 1.96. The molecule has 0 aliphatic heterocycles. The van der Waals surface area contributed by atoms with E-state index in [2.05, 4.69) is 10.3 Å². The van der Waals surface area contributed by atoms with E-state index in [4.69, 9.17) is 4.74 Å². The summed E-state index contributed by atoms with van der Waals surface area (Å²) in [4.78, 5) is 16.2. The van der Waals surface area contributed by atoms with E-state index in [-0.39, 0.29) is 5.91 Å². The third-order valence-corrected chi connectivity index (χ3v) is 3.42. The molecule has 0 atom stereocenters. The van der Waals surface area contributed by atoms with Gasteiger partial charge < -0.3 is 10.1 Å². The zero-order valence-electron chi connectivity index (χ0n) is 12.8. The van der Waals surface area contributed by atoms with Gasteiger partial charge in [-0.1, -0.05) is 6.07 Å². The number of nitrogens with one attached hydrogen (secondary N) is 1. The van der Waals surface area contributed by atoms with Crippen LogP contribution in [0.5, 0.6) is 5.75 Å². The van der Waals surface area contributed by atoms with E-state index in [1.807, 2.05) is 53.9 Å². The molecule has 0 aliphatic rings. The molecule has 1 aromatic carbocycles. The van der Waals surface area contributed by atoms with Crippen molar-refractivity contribution in [3.8, 4) is 17.0 Å². The minimum atomic E-state index is -0.127. The molecular formula is C17H17N3O2. The van der Waals surface area contributed by atoms with Gasteiger partial charge in [0.05, 0.1) is 7.11 Å². The van der Waals surface area contributed by atoms with Crippen LogP contribution in [0.1, 0.15) is 12.5 Å². The third kappa shape index (κ3) is 2.53. The van der Waals surface area contributed by atoms with E-state index in [9.17, 15) is 4.79 Å². The summed E-state index contributed by atoms with van der Waals surface area (Å²) < 4.78 is 7.08. The molecule has 3 aromatic rings. The molecule has 3 rings (SSSR count). The zero-order chi connectivity index (χ0) is 15.7. The molecule has 2 heterocycles. The van der Waals surface area contributed by atoms with Crippen molar-refractivity contribution in [3.63, 3.8) is 0 Å². The molecular weight excluding hydrogens is 278 g/mol. The number of imidazole rings is 1. The number of hydrogen-bond acceptors (Lipinski definition) is 3. The Kier molecular flexibility index (Phi) is 3.55. The van der Waals surface area contributed by atoms with E-state index in [0.717, 1.165) is 28.2 Å². The molecule has 1 N–H and O–H groups in total. The monoisotopic (exact) mass is 295 g/mol. The highest BCUT2D eigenvalue weighted by molar-refractivity contribution is 5.93. The fraction of sp³-hybridized carbons (Fsp3) is 0.176. The Morgan fingerprint density at radius 2 is 1.91 bits per heavy atom. The van der Waals surface area contributed by atoms with E-state index >= 15 is 0 Å². The van der Waals surface area contributed by atoms with Gasteiger partial charge in [0.1, 0.15) is 22.9 Å². The normalized spacial score (nSPS) is 10.7. The summed E-state index contributed by atoms with van der Waals surface area (Å²) in [5, 5.41) is 2.88. The highest BCUT2D eigenvalue weighted by Crippen LogP contribution is 2.30. The molecule has 5 nitrogen and oxygen atoms in total. The van der Waals surface area contributed by atoms with Crippen LogP contribution in [0, 0.1) is 6.92 Å². The summed E-state index contributed by atoms with van der Waals surface area (Å²) in [7, 11) is 1.63. The van der Waals surface area contributed by atoms with Crippen molar-refractivity contribution in [2.45, 2.75) is 13.8 Å². The summed E-state index contributed by atoms with van der Waals surface area (Å²) in [5.41, 5.74) is 3.55. The Morgan fingerprint density at radius 3 is 2.55 bits per heavy atom. The molecule has 0 saturated heterocycles. The maximum atomic E-state index is 11.6. The Balaban J connectivity index is 2.20. The number of amides is 1. The van der Waals surface area contributed by atoms with Gasteiger partial charge in [-0.15, -0.1) is 0 Å². The average molecular weight is 295 g/mol. The number of ether oxygens (including phenoxy) is 1. The second kappa shape index (κ2) is 5.52. The lowest BCUT2D eigenvalue weighted by molar-refractivity contribution is -0.114. The van der Waals surface area contributed by atoms with Crippen LogP contribution in [0.15, 0.2) is 42.6 Å². The lowest BCUT2D eigenvalue weighted by atomic mass is 10.1. The quantitative estimate of drug-likeness (QED) is 0.806. The van der Waals surface area contributed by atoms with Crippen molar-refractivity contribution in [1.82, 2.24) is 9.38 Å². The first-order valence-corrected chi connectivity index (χ1v) is 6.99. The standard InChI is InChI=1S/C17H17N3O2/c1-11-4-9-15-19-16(13-5-7-14(22-3)8-6-13)17(18-12(2)21)20(15)10-11/h4-10H,1-3H3,(H,18,21). The number of aromatic nitrogens is 2. The van der Waals surface area contributed by atoms with E-state index in [1.54, 1.807) is 7.11 Å². The first kappa shape index (κ1) is 14.1. The molecule has 0 radical (unpaired) electrons. The fourth-order valence-corrected chi connectivity index (χ4v) is 2.39. The summed E-state index contributed by atoms with van der Waals surface area (Å²) in [6.45, 7) is 3.50. The van der Waals surface area contributed by atoms with Gasteiger partial charge >= 0.3 is 0 Å². The van der Waals surface area contributed by atoms with Gasteiger partial charge in [-0.2, -0.15) is 0 Å². The van der Waals surface area contributed by atoms with Gasteiger partial charge in [-0.05, 0) is 42.8 Å². The Hall–Kier alpha value is -2.82. The smallest absolute Gasteiger partial charge is 0.222 e. The lowest BCUT2D eigenvalue weighted by Crippen LogP contribution is -2.09. The highest BCUT2D eigenvalue weighted by Gasteiger charge is 2.15. The van der Waals surface area contributed by atoms with Gasteiger partial charge in [0.15, 0.2) is 0 Å². The number of hydrogen-bond donors (Lipinski definition) is 1. The number of nitrogens with zero attached hydrogens (tertiary/aromatic N) is 2. The number of carbonyl (C=O) groups excluding carboxylic acids is 1. The minimum absolute atomic E-state index is 0.127. The van der Waals surface area contributed by atoms with E-state index < -0.39 is 0 Å². The number of fused-ring (bicyclic) bond motifs is 1. The van der Waals surface area contributed by atoms with Crippen LogP contribution in [0.25, 0.3) is 16.9 Å². The van der Waals surface area contributed by atoms with Gasteiger partial charge in [0.25, 0.3) is 0 Å². The summed E-state index contributed by atoms with van der Waals surface area (Å²) in [6, 6.07) is 11.5. The van der Waals surface area contributed by atoms with Crippen molar-refractivity contribution < 1.29 is 9.53 Å². The number of carbonyl (C=O) groups is 1. The first-order valence-electron chi connectivity index (χ1n) is 6.99. The van der Waals surface area contributed by atoms with Gasteiger partial charge in [0.2, 0.25) is 5.91 Å². The number of rotatable bonds is 3. The molecule has 5 heteroatoms. The Morgan fingerprint density at radius 1 is 1.18 bits per heavy atom. The number of aryl methyl sites for hydroxylation is 1. The first-order chi connectivity index (χ1) is 10.6. The molecule has 2 aromatic heterocycles. The molecule has 0 fully saturated rings. The van der Waals surface area contributed by atoms with Crippen molar-refractivity contribution in [2.24, 2.45) is 0 Å². The number of benzene rings is 1. The number of pyridine rings is 1. The molecule has 0 spiro atoms. The van der Waals surface area contributed by atoms with Crippen LogP contribution in [0.4, 0.5) is 5.82 Å². The Labute approximate surface area is 128 Å². The second-order valence-corrected chi connectivity index (χ2v) is 5.15. The van der Waals surface area contributed by atoms with Crippen LogP contribution in [-0.2, 0) is 4.79 Å². The topological polar surface area (TPSA) is 55.6 Å². The van der Waals surface area contributed by atoms with Crippen LogP contribution >= 0.6 is 0 Å². The Bertz CT molecular complexity index is 835. The summed E-state index contributed by atoms with van der Waals surface area (Å²) >= 11 is 0. The second-order valence-electron chi connectivity index (χ2n) is 5.15. The summed E-state index contributed by atoms with van der Waals surface area (Å²) in [5.74, 6) is 1.33. The third-order valence-electron chi connectivity index (χ3n) is 3.42. The highest BCUT2D eigenvalue weighted by atomic mass is 16.5. The molecule has 1 amide bonds. The largest absolute Gasteiger partial charge is 0.497 e. The molecule has 0 saturated carbocycles. The molecule has 22 heavy (non-hydrogen) atoms. The molecule has 0 unspecified atom stereocenters. The van der Waals surface area contributed by atoms with Crippen molar-refractivity contribution in [1.29, 1.82) is 0 Å². The fourth-order valence-electron chi connectivity index (χ4n) is 2.39. The number of methoxy groups -OCH3 is 1. The molecule has 0 aliphatic carbocycles. The maximum Gasteiger partial charge on any atom is 0.222 e. The van der Waals surface area contributed by atoms with Crippen LogP contribution in [0.2, 0.25) is 0 Å². The van der Waals surface area contributed by atoms with Crippen molar-refractivity contribution in [3.05, 3.63) is 48.2 Å². The van der Waals surface area contributed by atoms with Crippen molar-refractivity contribution >= 4 is 17.4 Å². The van der Waals surface area contributed by atoms with Crippen LogP contribution in [-0.4, -0.2) is 22.4 Å². The van der Waals surface area contributed by atoms with E-state index in [1.165, 1.54) is 6.92 Å². The maximum absolute atomic E-state index is 11.6. The zero-order valence-corrected chi connectivity index (χ0v) is 12.8. The predicted molar refractivity (Wildman–Crippen MR) is 86.2 cm³/mol. The van der Waals surface area contributed by atoms with Crippen LogP contribution in [0.3, 0.4) is 0 Å². The minimum Gasteiger partial charge on any atom is -0.497 e. The number of anilines is 1. The van der Waals surface area contributed by atoms with Gasteiger partial charge in [-0.3, -0.25) is 9.20 Å². The average Bonchev–Trinajstić information content (AvgIpc) is 2.85. The van der Waals surface area contributed by atoms with Crippen molar-refractivity contribution in [2.75, 3.05) is 12.4 Å². The van der Waals surface area contributed by atoms with Gasteiger partial charge in [0, 0.05) is 18.7 Å². The predicted octanol–water partition coefficient (Wildman–Crippen LogP) is 3.28. The molecule has 112 valence electrons. The van der Waals surface area contributed by atoms with E-state index in [0.29, 0.717) is 5.82 Å². The van der Waals surface area contributed by atoms with Gasteiger partial charge in [-0.25, -0.2) is 4.98 Å². The lowest BCUT2D eigenvalue weighted by Gasteiger charge is -2.06. The molecule has 0 bridgehead atoms. The SMILES string of the molecule is COc1ccc(-c2nc3ccc(C)cn3c2NC(C)=O)cc1. The van der Waals surface area contributed by atoms with Crippen LogP contribution < -0.4 is 10.1 Å².